The first kappa shape index (κ1) is 8.75. The number of aliphatic carboxylic acids is 1. The maximum Gasteiger partial charge on any atom is 0.309 e. The van der Waals surface area contributed by atoms with Gasteiger partial charge < -0.3 is 5.11 Å². The van der Waals surface area contributed by atoms with Crippen molar-refractivity contribution in [3.63, 3.8) is 0 Å². The van der Waals surface area contributed by atoms with E-state index in [0.717, 1.165) is 19.3 Å². The van der Waals surface area contributed by atoms with Crippen molar-refractivity contribution in [3.8, 4) is 0 Å². The van der Waals surface area contributed by atoms with Gasteiger partial charge in [0.05, 0.1) is 5.41 Å². The average Bonchev–Trinajstić information content (AvgIpc) is 2.61. The van der Waals surface area contributed by atoms with Gasteiger partial charge in [0.15, 0.2) is 0 Å². The molecule has 0 amide bonds. The minimum Gasteiger partial charge on any atom is -0.481 e. The summed E-state index contributed by atoms with van der Waals surface area (Å²) in [4.78, 5) is 11.5. The van der Waals surface area contributed by atoms with Crippen LogP contribution in [-0.2, 0) is 4.79 Å². The van der Waals surface area contributed by atoms with Gasteiger partial charge in [0, 0.05) is 0 Å². The fourth-order valence-corrected chi connectivity index (χ4v) is 4.79. The molecule has 3 rings (SSSR count). The fourth-order valence-electron chi connectivity index (χ4n) is 4.79. The van der Waals surface area contributed by atoms with Crippen LogP contribution in [0.1, 0.15) is 51.4 Å². The molecule has 3 fully saturated rings. The third-order valence-electron chi connectivity index (χ3n) is 5.37. The van der Waals surface area contributed by atoms with E-state index in [4.69, 9.17) is 0 Å². The molecule has 1 N–H and O–H groups in total. The molecule has 3 unspecified atom stereocenters. The number of rotatable bonds is 1. The van der Waals surface area contributed by atoms with Crippen molar-refractivity contribution >= 4 is 5.97 Å². The molecule has 0 spiro atoms. The summed E-state index contributed by atoms with van der Waals surface area (Å²) < 4.78 is 0. The maximum absolute atomic E-state index is 11.5. The molecular weight excluding hydrogens is 176 g/mol. The van der Waals surface area contributed by atoms with Gasteiger partial charge in [-0.15, -0.1) is 0 Å². The van der Waals surface area contributed by atoms with Crippen molar-refractivity contribution in [2.24, 2.45) is 16.7 Å². The smallest absolute Gasteiger partial charge is 0.309 e. The van der Waals surface area contributed by atoms with Crippen molar-refractivity contribution in [1.29, 1.82) is 0 Å². The molecule has 3 saturated carbocycles. The van der Waals surface area contributed by atoms with Crippen LogP contribution in [0.3, 0.4) is 0 Å². The second-order valence-electron chi connectivity index (χ2n) is 5.62. The van der Waals surface area contributed by atoms with Crippen LogP contribution in [0, 0.1) is 16.7 Å². The van der Waals surface area contributed by atoms with Crippen molar-refractivity contribution < 1.29 is 9.90 Å². The molecule has 0 saturated heterocycles. The predicted molar refractivity (Wildman–Crippen MR) is 52.9 cm³/mol. The maximum atomic E-state index is 11.5. The van der Waals surface area contributed by atoms with Gasteiger partial charge in [-0.1, -0.05) is 12.8 Å². The fraction of sp³-hybridized carbons (Fsp3) is 0.917. The highest BCUT2D eigenvalue weighted by Crippen LogP contribution is 2.68. The summed E-state index contributed by atoms with van der Waals surface area (Å²) >= 11 is 0. The van der Waals surface area contributed by atoms with Crippen LogP contribution in [0.25, 0.3) is 0 Å². The summed E-state index contributed by atoms with van der Waals surface area (Å²) in [5.41, 5.74) is 0.172. The average molecular weight is 194 g/mol. The van der Waals surface area contributed by atoms with Gasteiger partial charge in [0.2, 0.25) is 0 Å². The zero-order valence-corrected chi connectivity index (χ0v) is 8.59. The van der Waals surface area contributed by atoms with Gasteiger partial charge in [-0.25, -0.2) is 0 Å². The van der Waals surface area contributed by atoms with Crippen LogP contribution in [0.2, 0.25) is 0 Å². The molecule has 3 aliphatic rings. The zero-order valence-electron chi connectivity index (χ0n) is 8.59. The Morgan fingerprint density at radius 1 is 1.07 bits per heavy atom. The third kappa shape index (κ3) is 0.807. The molecule has 0 aromatic heterocycles. The van der Waals surface area contributed by atoms with E-state index in [9.17, 15) is 9.90 Å². The predicted octanol–water partition coefficient (Wildman–Crippen LogP) is 2.82. The quantitative estimate of drug-likeness (QED) is 0.697. The van der Waals surface area contributed by atoms with Crippen LogP contribution in [0.5, 0.6) is 0 Å². The number of carbonyl (C=O) groups is 1. The largest absolute Gasteiger partial charge is 0.481 e. The van der Waals surface area contributed by atoms with E-state index in [0.29, 0.717) is 11.3 Å². The van der Waals surface area contributed by atoms with E-state index in [2.05, 4.69) is 0 Å². The van der Waals surface area contributed by atoms with Crippen LogP contribution < -0.4 is 0 Å². The van der Waals surface area contributed by atoms with Gasteiger partial charge in [0.1, 0.15) is 0 Å². The van der Waals surface area contributed by atoms with Gasteiger partial charge >= 0.3 is 5.97 Å². The first-order valence-corrected chi connectivity index (χ1v) is 5.93. The number of carboxylic acids is 1. The molecule has 2 bridgehead atoms. The normalized spacial score (nSPS) is 50.4. The molecule has 3 aliphatic carbocycles. The van der Waals surface area contributed by atoms with Gasteiger partial charge in [-0.05, 0) is 49.9 Å². The van der Waals surface area contributed by atoms with Crippen LogP contribution >= 0.6 is 0 Å². The Hall–Kier alpha value is -0.530. The highest BCUT2D eigenvalue weighted by atomic mass is 16.4. The van der Waals surface area contributed by atoms with E-state index >= 15 is 0 Å². The molecule has 0 radical (unpaired) electrons. The summed E-state index contributed by atoms with van der Waals surface area (Å²) in [7, 11) is 0. The summed E-state index contributed by atoms with van der Waals surface area (Å²) in [6, 6.07) is 0. The SMILES string of the molecule is O=C(O)C12CCCC3(CCCC31)CC2. The standard InChI is InChI=1S/C12H18O2/c13-10(14)12-6-2-5-11(7-8-12)4-1-3-9(11)12/h9H,1-8H2,(H,13,14). The summed E-state index contributed by atoms with van der Waals surface area (Å²) in [6.07, 6.45) is 9.36. The minimum atomic E-state index is -0.494. The van der Waals surface area contributed by atoms with Crippen molar-refractivity contribution in [2.45, 2.75) is 51.4 Å². The monoisotopic (exact) mass is 194 g/mol. The lowest BCUT2D eigenvalue weighted by atomic mass is 9.62. The molecule has 78 valence electrons. The van der Waals surface area contributed by atoms with Gasteiger partial charge in [-0.3, -0.25) is 4.79 Å². The van der Waals surface area contributed by atoms with Gasteiger partial charge in [0.25, 0.3) is 0 Å². The molecule has 14 heavy (non-hydrogen) atoms. The van der Waals surface area contributed by atoms with Crippen LogP contribution in [0.15, 0.2) is 0 Å². The number of carboxylic acid groups (broad SMARTS) is 1. The lowest BCUT2D eigenvalue weighted by molar-refractivity contribution is -0.154. The molecule has 2 heteroatoms. The minimum absolute atomic E-state index is 0.297. The molecule has 0 heterocycles. The van der Waals surface area contributed by atoms with E-state index in [1.165, 1.54) is 32.1 Å². The first-order valence-electron chi connectivity index (χ1n) is 5.93. The van der Waals surface area contributed by atoms with E-state index in [-0.39, 0.29) is 5.41 Å². The lowest BCUT2D eigenvalue weighted by Crippen LogP contribution is -2.41. The highest BCUT2D eigenvalue weighted by Gasteiger charge is 2.63. The first-order chi connectivity index (χ1) is 6.70. The Morgan fingerprint density at radius 2 is 1.86 bits per heavy atom. The van der Waals surface area contributed by atoms with Crippen LogP contribution in [-0.4, -0.2) is 11.1 Å². The Bertz CT molecular complexity index is 286. The lowest BCUT2D eigenvalue weighted by Gasteiger charge is -2.41. The Kier molecular flexibility index (Phi) is 1.58. The Morgan fingerprint density at radius 3 is 2.64 bits per heavy atom. The second-order valence-corrected chi connectivity index (χ2v) is 5.62. The van der Waals surface area contributed by atoms with Crippen molar-refractivity contribution in [2.75, 3.05) is 0 Å². The topological polar surface area (TPSA) is 37.3 Å². The summed E-state index contributed by atoms with van der Waals surface area (Å²) in [5.74, 6) is 0.0345. The molecule has 0 aliphatic heterocycles. The van der Waals surface area contributed by atoms with E-state index in [1.807, 2.05) is 0 Å². The highest BCUT2D eigenvalue weighted by molar-refractivity contribution is 5.76. The van der Waals surface area contributed by atoms with E-state index < -0.39 is 5.97 Å². The zero-order chi connectivity index (χ0) is 9.81. The summed E-state index contributed by atoms with van der Waals surface area (Å²) in [5, 5.41) is 9.46. The van der Waals surface area contributed by atoms with E-state index in [1.54, 1.807) is 0 Å². The number of hydrogen-bond donors (Lipinski definition) is 1. The third-order valence-corrected chi connectivity index (χ3v) is 5.37. The Balaban J connectivity index is 2.04. The molecule has 0 aromatic rings. The molecular formula is C12H18O2. The van der Waals surface area contributed by atoms with Crippen molar-refractivity contribution in [1.82, 2.24) is 0 Å². The summed E-state index contributed by atoms with van der Waals surface area (Å²) in [6.45, 7) is 0. The molecule has 3 atom stereocenters. The van der Waals surface area contributed by atoms with Crippen LogP contribution in [0.4, 0.5) is 0 Å². The van der Waals surface area contributed by atoms with Gasteiger partial charge in [-0.2, -0.15) is 0 Å². The van der Waals surface area contributed by atoms with Crippen molar-refractivity contribution in [3.05, 3.63) is 0 Å². The second kappa shape index (κ2) is 2.53. The molecule has 0 aromatic carbocycles. The number of hydrogen-bond acceptors (Lipinski definition) is 1. The molecule has 2 nitrogen and oxygen atoms in total. The Labute approximate surface area is 84.7 Å².